The van der Waals surface area contributed by atoms with Gasteiger partial charge in [-0.1, -0.05) is 12.1 Å². The molecule has 1 N–H and O–H groups in total. The van der Waals surface area contributed by atoms with Crippen LogP contribution >= 0.6 is 0 Å². The van der Waals surface area contributed by atoms with Gasteiger partial charge in [0.2, 0.25) is 0 Å². The monoisotopic (exact) mass is 256 g/mol. The first-order chi connectivity index (χ1) is 9.22. The summed E-state index contributed by atoms with van der Waals surface area (Å²) in [4.78, 5) is 7.44. The first-order valence-electron chi connectivity index (χ1n) is 5.80. The van der Waals surface area contributed by atoms with Gasteiger partial charge in [0.05, 0.1) is 11.0 Å². The lowest BCUT2D eigenvalue weighted by Crippen LogP contribution is -1.84. The van der Waals surface area contributed by atoms with Crippen molar-refractivity contribution in [2.45, 2.75) is 0 Å². The predicted octanol–water partition coefficient (Wildman–Crippen LogP) is 4.01. The van der Waals surface area contributed by atoms with E-state index < -0.39 is 11.6 Å². The van der Waals surface area contributed by atoms with Crippen molar-refractivity contribution >= 4 is 23.2 Å². The van der Waals surface area contributed by atoms with Crippen LogP contribution in [-0.2, 0) is 0 Å². The summed E-state index contributed by atoms with van der Waals surface area (Å²) in [6.07, 6.45) is 3.23. The van der Waals surface area contributed by atoms with Crippen molar-refractivity contribution in [2.75, 3.05) is 0 Å². The molecule has 0 unspecified atom stereocenters. The topological polar surface area (TPSA) is 28.7 Å². The van der Waals surface area contributed by atoms with Gasteiger partial charge < -0.3 is 4.98 Å². The van der Waals surface area contributed by atoms with Gasteiger partial charge in [0.1, 0.15) is 17.5 Å². The maximum Gasteiger partial charge on any atom is 0.133 e. The number of aromatic nitrogens is 2. The van der Waals surface area contributed by atoms with E-state index in [0.29, 0.717) is 11.4 Å². The van der Waals surface area contributed by atoms with Gasteiger partial charge in [-0.25, -0.2) is 13.8 Å². The fraction of sp³-hybridized carbons (Fsp3) is 0. The number of aromatic amines is 1. The molecule has 3 rings (SSSR count). The Hall–Kier alpha value is -2.49. The Bertz CT molecular complexity index is 727. The summed E-state index contributed by atoms with van der Waals surface area (Å²) in [7, 11) is 0. The number of benzene rings is 2. The third-order valence-electron chi connectivity index (χ3n) is 2.79. The second-order valence-electron chi connectivity index (χ2n) is 4.14. The molecule has 0 atom stereocenters. The van der Waals surface area contributed by atoms with Gasteiger partial charge in [0.15, 0.2) is 0 Å². The number of hydrogen-bond donors (Lipinski definition) is 1. The molecule has 1 aromatic heterocycles. The van der Waals surface area contributed by atoms with E-state index in [4.69, 9.17) is 0 Å². The smallest absolute Gasteiger partial charge is 0.133 e. The molecule has 94 valence electrons. The number of hydrogen-bond acceptors (Lipinski definition) is 1. The van der Waals surface area contributed by atoms with Crippen LogP contribution in [-0.4, -0.2) is 9.97 Å². The van der Waals surface area contributed by atoms with Gasteiger partial charge in [0.25, 0.3) is 0 Å². The van der Waals surface area contributed by atoms with E-state index in [9.17, 15) is 8.78 Å². The molecule has 19 heavy (non-hydrogen) atoms. The molecular weight excluding hydrogens is 246 g/mol. The van der Waals surface area contributed by atoms with Gasteiger partial charge in [0, 0.05) is 11.6 Å². The molecule has 0 fully saturated rings. The number of nitrogens with one attached hydrogen (secondary N) is 1. The lowest BCUT2D eigenvalue weighted by atomic mass is 10.2. The average Bonchev–Trinajstić information content (AvgIpc) is 2.80. The number of para-hydroxylation sites is 2. The highest BCUT2D eigenvalue weighted by Crippen LogP contribution is 2.15. The molecule has 0 aliphatic carbocycles. The SMILES string of the molecule is Fc1ccc(/C=C/c2nc3ccccc3[nH]2)c(F)c1. The summed E-state index contributed by atoms with van der Waals surface area (Å²) in [5.74, 6) is -0.546. The molecule has 4 heteroatoms. The average molecular weight is 256 g/mol. The minimum absolute atomic E-state index is 0.321. The highest BCUT2D eigenvalue weighted by atomic mass is 19.1. The first kappa shape index (κ1) is 11.6. The molecule has 3 aromatic rings. The van der Waals surface area contributed by atoms with Crippen LogP contribution in [0.1, 0.15) is 11.4 Å². The third-order valence-corrected chi connectivity index (χ3v) is 2.79. The van der Waals surface area contributed by atoms with Crippen molar-refractivity contribution in [1.82, 2.24) is 9.97 Å². The van der Waals surface area contributed by atoms with Gasteiger partial charge in [-0.15, -0.1) is 0 Å². The van der Waals surface area contributed by atoms with Crippen LogP contribution in [0.15, 0.2) is 42.5 Å². The van der Waals surface area contributed by atoms with Gasteiger partial charge in [-0.2, -0.15) is 0 Å². The van der Waals surface area contributed by atoms with Crippen LogP contribution in [0, 0.1) is 11.6 Å². The zero-order valence-corrected chi connectivity index (χ0v) is 9.90. The summed E-state index contributed by atoms with van der Waals surface area (Å²) in [5.41, 5.74) is 2.09. The quantitative estimate of drug-likeness (QED) is 0.737. The first-order valence-corrected chi connectivity index (χ1v) is 5.80. The van der Waals surface area contributed by atoms with Gasteiger partial charge in [-0.3, -0.25) is 0 Å². The summed E-state index contributed by atoms with van der Waals surface area (Å²) in [6.45, 7) is 0. The highest BCUT2D eigenvalue weighted by Gasteiger charge is 2.01. The predicted molar refractivity (Wildman–Crippen MR) is 71.4 cm³/mol. The standard InChI is InChI=1S/C15H10F2N2/c16-11-7-5-10(12(17)9-11)6-8-15-18-13-3-1-2-4-14(13)19-15/h1-9H,(H,18,19)/b8-6+. The van der Waals surface area contributed by atoms with Crippen LogP contribution in [0.4, 0.5) is 8.78 Å². The second-order valence-corrected chi connectivity index (χ2v) is 4.14. The normalized spacial score (nSPS) is 11.5. The van der Waals surface area contributed by atoms with E-state index in [0.717, 1.165) is 17.1 Å². The van der Waals surface area contributed by atoms with Crippen molar-refractivity contribution in [3.05, 3.63) is 65.5 Å². The zero-order valence-electron chi connectivity index (χ0n) is 9.90. The van der Waals surface area contributed by atoms with Crippen LogP contribution < -0.4 is 0 Å². The number of nitrogens with zero attached hydrogens (tertiary/aromatic N) is 1. The Kier molecular flexibility index (Phi) is 2.83. The van der Waals surface area contributed by atoms with Crippen LogP contribution in [0.5, 0.6) is 0 Å². The van der Waals surface area contributed by atoms with Crippen molar-refractivity contribution in [1.29, 1.82) is 0 Å². The Morgan fingerprint density at radius 1 is 1.00 bits per heavy atom. The number of rotatable bonds is 2. The van der Waals surface area contributed by atoms with Crippen molar-refractivity contribution in [3.8, 4) is 0 Å². The van der Waals surface area contributed by atoms with Crippen molar-refractivity contribution < 1.29 is 8.78 Å². The maximum atomic E-state index is 13.4. The molecule has 1 heterocycles. The summed E-state index contributed by atoms with van der Waals surface area (Å²) < 4.78 is 26.2. The van der Waals surface area contributed by atoms with E-state index >= 15 is 0 Å². The number of halogens is 2. The number of H-pyrrole nitrogens is 1. The number of imidazole rings is 1. The van der Waals surface area contributed by atoms with Crippen LogP contribution in [0.2, 0.25) is 0 Å². The lowest BCUT2D eigenvalue weighted by Gasteiger charge is -1.95. The molecule has 0 saturated heterocycles. The Balaban J connectivity index is 1.93. The zero-order chi connectivity index (χ0) is 13.2. The largest absolute Gasteiger partial charge is 0.338 e. The minimum atomic E-state index is -0.590. The Morgan fingerprint density at radius 3 is 2.63 bits per heavy atom. The second kappa shape index (κ2) is 4.65. The van der Waals surface area contributed by atoms with Crippen LogP contribution in [0.25, 0.3) is 23.2 Å². The molecule has 0 amide bonds. The van der Waals surface area contributed by atoms with Crippen molar-refractivity contribution in [2.24, 2.45) is 0 Å². The fourth-order valence-electron chi connectivity index (χ4n) is 1.86. The lowest BCUT2D eigenvalue weighted by molar-refractivity contribution is 0.581. The van der Waals surface area contributed by atoms with E-state index in [1.54, 1.807) is 12.2 Å². The molecule has 2 aromatic carbocycles. The van der Waals surface area contributed by atoms with E-state index in [-0.39, 0.29) is 0 Å². The molecule has 0 aliphatic heterocycles. The maximum absolute atomic E-state index is 13.4. The summed E-state index contributed by atoms with van der Waals surface area (Å²) in [5, 5.41) is 0. The molecule has 2 nitrogen and oxygen atoms in total. The van der Waals surface area contributed by atoms with Crippen molar-refractivity contribution in [3.63, 3.8) is 0 Å². The molecule has 0 radical (unpaired) electrons. The molecule has 0 bridgehead atoms. The highest BCUT2D eigenvalue weighted by molar-refractivity contribution is 5.78. The Labute approximate surface area is 108 Å². The Morgan fingerprint density at radius 2 is 1.84 bits per heavy atom. The van der Waals surface area contributed by atoms with E-state index in [1.807, 2.05) is 24.3 Å². The molecule has 0 saturated carbocycles. The van der Waals surface area contributed by atoms with Gasteiger partial charge in [-0.05, 0) is 36.4 Å². The van der Waals surface area contributed by atoms with Gasteiger partial charge >= 0.3 is 0 Å². The fourth-order valence-corrected chi connectivity index (χ4v) is 1.86. The summed E-state index contributed by atoms with van der Waals surface area (Å²) in [6, 6.07) is 11.1. The molecule has 0 aliphatic rings. The molecule has 0 spiro atoms. The number of fused-ring (bicyclic) bond motifs is 1. The van der Waals surface area contributed by atoms with E-state index in [2.05, 4.69) is 9.97 Å². The van der Waals surface area contributed by atoms with E-state index in [1.165, 1.54) is 12.1 Å². The third kappa shape index (κ3) is 2.38. The summed E-state index contributed by atoms with van der Waals surface area (Å²) >= 11 is 0. The van der Waals surface area contributed by atoms with Crippen LogP contribution in [0.3, 0.4) is 0 Å². The molecular formula is C15H10F2N2. The minimum Gasteiger partial charge on any atom is -0.338 e.